The topological polar surface area (TPSA) is 29.5 Å². The standard InChI is InChI=1S/C14H19ClO2/c1-14(2,3)12(16)8-10-7-11(15)6-9-4-5-17-13(9)10/h6-7,12,16H,4-5,8H2,1-3H3. The zero-order valence-electron chi connectivity index (χ0n) is 10.6. The van der Waals surface area contributed by atoms with Crippen LogP contribution in [-0.4, -0.2) is 17.8 Å². The van der Waals surface area contributed by atoms with E-state index in [1.165, 1.54) is 0 Å². The van der Waals surface area contributed by atoms with E-state index in [1.54, 1.807) is 0 Å². The molecule has 0 saturated carbocycles. The maximum Gasteiger partial charge on any atom is 0.126 e. The second kappa shape index (κ2) is 4.51. The molecule has 1 aliphatic rings. The van der Waals surface area contributed by atoms with Crippen LogP contribution in [0.2, 0.25) is 5.02 Å². The quantitative estimate of drug-likeness (QED) is 0.878. The second-order valence-electron chi connectivity index (χ2n) is 5.74. The van der Waals surface area contributed by atoms with Crippen LogP contribution in [0.1, 0.15) is 31.9 Å². The molecule has 0 spiro atoms. The smallest absolute Gasteiger partial charge is 0.126 e. The summed E-state index contributed by atoms with van der Waals surface area (Å²) in [5.41, 5.74) is 2.05. The highest BCUT2D eigenvalue weighted by Crippen LogP contribution is 2.35. The number of hydrogen-bond donors (Lipinski definition) is 1. The molecule has 17 heavy (non-hydrogen) atoms. The maximum absolute atomic E-state index is 10.2. The van der Waals surface area contributed by atoms with Crippen molar-refractivity contribution < 1.29 is 9.84 Å². The minimum absolute atomic E-state index is 0.131. The minimum atomic E-state index is -0.394. The van der Waals surface area contributed by atoms with Gasteiger partial charge in [0, 0.05) is 17.9 Å². The molecule has 94 valence electrons. The van der Waals surface area contributed by atoms with Crippen LogP contribution in [0.25, 0.3) is 0 Å². The van der Waals surface area contributed by atoms with Gasteiger partial charge in [0.15, 0.2) is 0 Å². The summed E-state index contributed by atoms with van der Waals surface area (Å²) >= 11 is 6.09. The Bertz CT molecular complexity index is 421. The predicted octanol–water partition coefficient (Wildman–Crippen LogP) is 3.22. The highest BCUT2D eigenvalue weighted by molar-refractivity contribution is 6.30. The van der Waals surface area contributed by atoms with Crippen LogP contribution in [0.4, 0.5) is 0 Å². The molecule has 2 rings (SSSR count). The lowest BCUT2D eigenvalue weighted by atomic mass is 9.85. The summed E-state index contributed by atoms with van der Waals surface area (Å²) in [5, 5.41) is 10.9. The van der Waals surface area contributed by atoms with E-state index >= 15 is 0 Å². The van der Waals surface area contributed by atoms with Crippen LogP contribution in [0, 0.1) is 5.41 Å². The Balaban J connectivity index is 2.27. The number of fused-ring (bicyclic) bond motifs is 1. The van der Waals surface area contributed by atoms with Gasteiger partial charge in [0.2, 0.25) is 0 Å². The number of aliphatic hydroxyl groups is 1. The summed E-state index contributed by atoms with van der Waals surface area (Å²) in [6.45, 7) is 6.81. The minimum Gasteiger partial charge on any atom is -0.493 e. The number of aliphatic hydroxyl groups excluding tert-OH is 1. The Morgan fingerprint density at radius 3 is 2.76 bits per heavy atom. The van der Waals surface area contributed by atoms with Crippen molar-refractivity contribution in [2.75, 3.05) is 6.61 Å². The van der Waals surface area contributed by atoms with Gasteiger partial charge in [0.25, 0.3) is 0 Å². The molecule has 0 aromatic heterocycles. The number of rotatable bonds is 2. The van der Waals surface area contributed by atoms with Gasteiger partial charge >= 0.3 is 0 Å². The molecule has 0 aliphatic carbocycles. The zero-order chi connectivity index (χ0) is 12.6. The van der Waals surface area contributed by atoms with E-state index in [0.717, 1.165) is 28.3 Å². The summed E-state index contributed by atoms with van der Waals surface area (Å²) < 4.78 is 5.63. The van der Waals surface area contributed by atoms with Crippen LogP contribution in [0.3, 0.4) is 0 Å². The third kappa shape index (κ3) is 2.75. The first-order valence-electron chi connectivity index (χ1n) is 6.00. The van der Waals surface area contributed by atoms with E-state index < -0.39 is 6.10 Å². The predicted molar refractivity (Wildman–Crippen MR) is 69.8 cm³/mol. The van der Waals surface area contributed by atoms with Gasteiger partial charge in [-0.15, -0.1) is 0 Å². The maximum atomic E-state index is 10.2. The van der Waals surface area contributed by atoms with Crippen LogP contribution in [-0.2, 0) is 12.8 Å². The van der Waals surface area contributed by atoms with E-state index in [0.29, 0.717) is 13.0 Å². The summed E-state index contributed by atoms with van der Waals surface area (Å²) in [7, 11) is 0. The van der Waals surface area contributed by atoms with E-state index in [4.69, 9.17) is 16.3 Å². The Hall–Kier alpha value is -0.730. The monoisotopic (exact) mass is 254 g/mol. The Morgan fingerprint density at radius 1 is 1.41 bits per heavy atom. The van der Waals surface area contributed by atoms with Crippen molar-refractivity contribution in [2.24, 2.45) is 5.41 Å². The number of benzene rings is 1. The Morgan fingerprint density at radius 2 is 2.12 bits per heavy atom. The van der Waals surface area contributed by atoms with Gasteiger partial charge in [-0.2, -0.15) is 0 Å². The van der Waals surface area contributed by atoms with Crippen molar-refractivity contribution >= 4 is 11.6 Å². The molecule has 1 aromatic rings. The molecule has 0 saturated heterocycles. The van der Waals surface area contributed by atoms with E-state index in [-0.39, 0.29) is 5.41 Å². The number of halogens is 1. The normalized spacial score (nSPS) is 16.5. The van der Waals surface area contributed by atoms with Gasteiger partial charge in [-0.1, -0.05) is 32.4 Å². The molecule has 1 heterocycles. The highest BCUT2D eigenvalue weighted by atomic mass is 35.5. The van der Waals surface area contributed by atoms with Gasteiger partial charge < -0.3 is 9.84 Å². The fraction of sp³-hybridized carbons (Fsp3) is 0.571. The molecule has 2 nitrogen and oxygen atoms in total. The average molecular weight is 255 g/mol. The Kier molecular flexibility index (Phi) is 3.37. The molecule has 1 aromatic carbocycles. The lowest BCUT2D eigenvalue weighted by Gasteiger charge is -2.26. The molecule has 0 amide bonds. The summed E-state index contributed by atoms with van der Waals surface area (Å²) in [4.78, 5) is 0. The van der Waals surface area contributed by atoms with Crippen LogP contribution in [0.5, 0.6) is 5.75 Å². The first-order chi connectivity index (χ1) is 7.88. The molecule has 1 atom stereocenters. The fourth-order valence-corrected chi connectivity index (χ4v) is 2.28. The van der Waals surface area contributed by atoms with Crippen molar-refractivity contribution in [1.29, 1.82) is 0 Å². The van der Waals surface area contributed by atoms with Crippen molar-refractivity contribution in [3.05, 3.63) is 28.3 Å². The van der Waals surface area contributed by atoms with Crippen molar-refractivity contribution in [3.8, 4) is 5.75 Å². The van der Waals surface area contributed by atoms with Gasteiger partial charge in [-0.05, 0) is 28.7 Å². The first-order valence-corrected chi connectivity index (χ1v) is 6.38. The van der Waals surface area contributed by atoms with Gasteiger partial charge in [0.05, 0.1) is 12.7 Å². The lowest BCUT2D eigenvalue weighted by Crippen LogP contribution is -2.28. The molecule has 1 N–H and O–H groups in total. The Labute approximate surface area is 108 Å². The number of hydrogen-bond acceptors (Lipinski definition) is 2. The number of ether oxygens (including phenoxy) is 1. The summed E-state index contributed by atoms with van der Waals surface area (Å²) in [6.07, 6.45) is 1.11. The van der Waals surface area contributed by atoms with E-state index in [9.17, 15) is 5.11 Å². The van der Waals surface area contributed by atoms with Crippen molar-refractivity contribution in [3.63, 3.8) is 0 Å². The van der Waals surface area contributed by atoms with Gasteiger partial charge in [-0.3, -0.25) is 0 Å². The highest BCUT2D eigenvalue weighted by Gasteiger charge is 2.25. The van der Waals surface area contributed by atoms with Crippen molar-refractivity contribution in [2.45, 2.75) is 39.7 Å². The molecule has 3 heteroatoms. The molecule has 0 fully saturated rings. The molecule has 1 unspecified atom stereocenters. The summed E-state index contributed by atoms with van der Waals surface area (Å²) in [5.74, 6) is 0.928. The zero-order valence-corrected chi connectivity index (χ0v) is 11.3. The van der Waals surface area contributed by atoms with Crippen LogP contribution < -0.4 is 4.74 Å². The molecular formula is C14H19ClO2. The molecule has 1 aliphatic heterocycles. The lowest BCUT2D eigenvalue weighted by molar-refractivity contribution is 0.0631. The van der Waals surface area contributed by atoms with Crippen LogP contribution >= 0.6 is 11.6 Å². The van der Waals surface area contributed by atoms with E-state index in [1.807, 2.05) is 32.9 Å². The van der Waals surface area contributed by atoms with Gasteiger partial charge in [0.1, 0.15) is 5.75 Å². The first kappa shape index (κ1) is 12.7. The van der Waals surface area contributed by atoms with Gasteiger partial charge in [-0.25, -0.2) is 0 Å². The molecule has 0 radical (unpaired) electrons. The summed E-state index contributed by atoms with van der Waals surface area (Å²) in [6, 6.07) is 3.86. The molecular weight excluding hydrogens is 236 g/mol. The third-order valence-electron chi connectivity index (χ3n) is 3.24. The van der Waals surface area contributed by atoms with E-state index in [2.05, 4.69) is 0 Å². The average Bonchev–Trinajstić information content (AvgIpc) is 2.63. The SMILES string of the molecule is CC(C)(C)C(O)Cc1cc(Cl)cc2c1OCC2. The fourth-order valence-electron chi connectivity index (χ4n) is 2.01. The largest absolute Gasteiger partial charge is 0.493 e. The van der Waals surface area contributed by atoms with Crippen LogP contribution in [0.15, 0.2) is 12.1 Å². The van der Waals surface area contributed by atoms with Crippen molar-refractivity contribution in [1.82, 2.24) is 0 Å². The second-order valence-corrected chi connectivity index (χ2v) is 6.17. The molecule has 0 bridgehead atoms. The third-order valence-corrected chi connectivity index (χ3v) is 3.46.